The Hall–Kier alpha value is -2.31. The number of halogens is 1. The molecule has 2 aromatic carbocycles. The number of carbonyl (C=O) groups is 1. The Labute approximate surface area is 185 Å². The average molecular weight is 439 g/mol. The van der Waals surface area contributed by atoms with Crippen molar-refractivity contribution in [1.82, 2.24) is 14.8 Å². The molecule has 1 atom stereocenters. The van der Waals surface area contributed by atoms with E-state index in [9.17, 15) is 4.79 Å². The number of thioether (sulfide) groups is 1. The standard InChI is InChI=1S/C23H23ClN4OS/c1-14-7-10-17(13-19(14)24)25-22(29)20(15-5-3-2-4-6-15)30-23-27-26-21(16-8-9-16)28(23)18-11-12-18/h2-7,10,13,16,18,20H,8-9,11-12H2,1H3,(H,25,29). The lowest BCUT2D eigenvalue weighted by atomic mass is 10.1. The van der Waals surface area contributed by atoms with Gasteiger partial charge < -0.3 is 9.88 Å². The lowest BCUT2D eigenvalue weighted by Crippen LogP contribution is -2.19. The van der Waals surface area contributed by atoms with Crippen molar-refractivity contribution < 1.29 is 4.79 Å². The minimum Gasteiger partial charge on any atom is -0.325 e. The highest BCUT2D eigenvalue weighted by molar-refractivity contribution is 8.00. The van der Waals surface area contributed by atoms with Crippen LogP contribution in [0.2, 0.25) is 5.02 Å². The van der Waals surface area contributed by atoms with Crippen molar-refractivity contribution in [3.05, 3.63) is 70.5 Å². The normalized spacial score (nSPS) is 17.0. The number of aromatic nitrogens is 3. The molecular formula is C23H23ClN4OS. The van der Waals surface area contributed by atoms with Gasteiger partial charge in [-0.2, -0.15) is 0 Å². The van der Waals surface area contributed by atoms with Crippen molar-refractivity contribution in [1.29, 1.82) is 0 Å². The summed E-state index contributed by atoms with van der Waals surface area (Å²) in [5.74, 6) is 1.54. The summed E-state index contributed by atoms with van der Waals surface area (Å²) in [7, 11) is 0. The van der Waals surface area contributed by atoms with Gasteiger partial charge in [0.2, 0.25) is 5.91 Å². The minimum atomic E-state index is -0.431. The van der Waals surface area contributed by atoms with E-state index in [0.29, 0.717) is 22.7 Å². The van der Waals surface area contributed by atoms with Gasteiger partial charge in [0.15, 0.2) is 5.16 Å². The van der Waals surface area contributed by atoms with Gasteiger partial charge in [-0.25, -0.2) is 0 Å². The van der Waals surface area contributed by atoms with E-state index >= 15 is 0 Å². The molecule has 30 heavy (non-hydrogen) atoms. The number of hydrogen-bond acceptors (Lipinski definition) is 4. The monoisotopic (exact) mass is 438 g/mol. The van der Waals surface area contributed by atoms with Crippen molar-refractivity contribution >= 4 is 35.0 Å². The summed E-state index contributed by atoms with van der Waals surface area (Å²) < 4.78 is 2.29. The van der Waals surface area contributed by atoms with E-state index in [2.05, 4.69) is 20.1 Å². The molecule has 1 unspecified atom stereocenters. The van der Waals surface area contributed by atoms with Crippen LogP contribution in [0.3, 0.4) is 0 Å². The van der Waals surface area contributed by atoms with Crippen LogP contribution in [0.1, 0.15) is 59.8 Å². The van der Waals surface area contributed by atoms with E-state index in [0.717, 1.165) is 34.9 Å². The van der Waals surface area contributed by atoms with E-state index in [-0.39, 0.29) is 5.91 Å². The van der Waals surface area contributed by atoms with Crippen LogP contribution in [0.25, 0.3) is 0 Å². The van der Waals surface area contributed by atoms with E-state index in [1.807, 2.05) is 49.4 Å². The third kappa shape index (κ3) is 4.12. The molecule has 0 saturated heterocycles. The Kier molecular flexibility index (Phi) is 5.29. The SMILES string of the molecule is Cc1ccc(NC(=O)C(Sc2nnc(C3CC3)n2C2CC2)c2ccccc2)cc1Cl. The van der Waals surface area contributed by atoms with Gasteiger partial charge in [0.1, 0.15) is 11.1 Å². The Morgan fingerprint density at radius 3 is 2.57 bits per heavy atom. The van der Waals surface area contributed by atoms with Gasteiger partial charge in [-0.3, -0.25) is 4.79 Å². The summed E-state index contributed by atoms with van der Waals surface area (Å²) >= 11 is 7.73. The van der Waals surface area contributed by atoms with Crippen LogP contribution in [0.5, 0.6) is 0 Å². The largest absolute Gasteiger partial charge is 0.325 e. The maximum absolute atomic E-state index is 13.3. The molecule has 154 valence electrons. The molecule has 5 rings (SSSR count). The first kappa shape index (κ1) is 19.6. The van der Waals surface area contributed by atoms with Gasteiger partial charge in [-0.15, -0.1) is 10.2 Å². The highest BCUT2D eigenvalue weighted by Gasteiger charge is 2.37. The van der Waals surface area contributed by atoms with Crippen LogP contribution in [-0.2, 0) is 4.79 Å². The van der Waals surface area contributed by atoms with Crippen LogP contribution < -0.4 is 5.32 Å². The zero-order valence-corrected chi connectivity index (χ0v) is 18.3. The Morgan fingerprint density at radius 1 is 1.13 bits per heavy atom. The van der Waals surface area contributed by atoms with Crippen LogP contribution >= 0.6 is 23.4 Å². The van der Waals surface area contributed by atoms with E-state index in [1.165, 1.54) is 24.6 Å². The van der Waals surface area contributed by atoms with Gasteiger partial charge in [0.25, 0.3) is 0 Å². The van der Waals surface area contributed by atoms with Crippen molar-refractivity contribution in [2.24, 2.45) is 0 Å². The molecule has 2 saturated carbocycles. The average Bonchev–Trinajstić information content (AvgIpc) is 3.68. The number of aryl methyl sites for hydroxylation is 1. The zero-order chi connectivity index (χ0) is 20.7. The molecule has 0 bridgehead atoms. The molecule has 5 nitrogen and oxygen atoms in total. The highest BCUT2D eigenvalue weighted by Crippen LogP contribution is 2.47. The first-order chi connectivity index (χ1) is 14.6. The molecule has 0 spiro atoms. The molecule has 2 aliphatic rings. The van der Waals surface area contributed by atoms with Gasteiger partial charge in [0, 0.05) is 22.7 Å². The third-order valence-electron chi connectivity index (χ3n) is 5.55. The van der Waals surface area contributed by atoms with E-state index < -0.39 is 5.25 Å². The van der Waals surface area contributed by atoms with Crippen molar-refractivity contribution in [3.8, 4) is 0 Å². The summed E-state index contributed by atoms with van der Waals surface area (Å²) in [6, 6.07) is 15.9. The molecule has 1 aromatic heterocycles. The van der Waals surface area contributed by atoms with Crippen LogP contribution in [0, 0.1) is 6.92 Å². The van der Waals surface area contributed by atoms with Crippen molar-refractivity contribution in [2.45, 2.75) is 55.0 Å². The maximum Gasteiger partial charge on any atom is 0.242 e. The first-order valence-corrected chi connectivity index (χ1v) is 11.6. The molecule has 1 N–H and O–H groups in total. The Morgan fingerprint density at radius 2 is 1.90 bits per heavy atom. The number of benzene rings is 2. The number of hydrogen-bond donors (Lipinski definition) is 1. The van der Waals surface area contributed by atoms with Gasteiger partial charge in [-0.1, -0.05) is 59.8 Å². The first-order valence-electron chi connectivity index (χ1n) is 10.3. The number of nitrogens with one attached hydrogen (secondary N) is 1. The second-order valence-electron chi connectivity index (χ2n) is 8.08. The summed E-state index contributed by atoms with van der Waals surface area (Å²) in [4.78, 5) is 13.3. The van der Waals surface area contributed by atoms with Crippen molar-refractivity contribution in [2.75, 3.05) is 5.32 Å². The fourth-order valence-corrected chi connectivity index (χ4v) is 4.84. The second kappa shape index (κ2) is 8.08. The van der Waals surface area contributed by atoms with E-state index in [4.69, 9.17) is 11.6 Å². The predicted molar refractivity (Wildman–Crippen MR) is 120 cm³/mol. The van der Waals surface area contributed by atoms with Crippen molar-refractivity contribution in [3.63, 3.8) is 0 Å². The molecule has 0 radical (unpaired) electrons. The molecule has 2 aliphatic carbocycles. The number of rotatable bonds is 7. The number of anilines is 1. The zero-order valence-electron chi connectivity index (χ0n) is 16.7. The summed E-state index contributed by atoms with van der Waals surface area (Å²) in [6.07, 6.45) is 4.70. The second-order valence-corrected chi connectivity index (χ2v) is 9.56. The number of carbonyl (C=O) groups excluding carboxylic acids is 1. The van der Waals surface area contributed by atoms with E-state index in [1.54, 1.807) is 6.07 Å². The molecule has 0 aliphatic heterocycles. The molecule has 3 aromatic rings. The summed E-state index contributed by atoms with van der Waals surface area (Å²) in [5, 5.41) is 13.1. The fourth-order valence-electron chi connectivity index (χ4n) is 3.55. The van der Waals surface area contributed by atoms with Crippen LogP contribution in [0.4, 0.5) is 5.69 Å². The lowest BCUT2D eigenvalue weighted by molar-refractivity contribution is -0.115. The maximum atomic E-state index is 13.3. The Balaban J connectivity index is 1.44. The topological polar surface area (TPSA) is 59.8 Å². The van der Waals surface area contributed by atoms with Gasteiger partial charge >= 0.3 is 0 Å². The third-order valence-corrected chi connectivity index (χ3v) is 7.17. The van der Waals surface area contributed by atoms with Crippen LogP contribution in [-0.4, -0.2) is 20.7 Å². The fraction of sp³-hybridized carbons (Fsp3) is 0.348. The van der Waals surface area contributed by atoms with Crippen LogP contribution in [0.15, 0.2) is 53.7 Å². The number of amides is 1. The lowest BCUT2D eigenvalue weighted by Gasteiger charge is -2.18. The number of nitrogens with zero attached hydrogens (tertiary/aromatic N) is 3. The minimum absolute atomic E-state index is 0.0931. The predicted octanol–water partition coefficient (Wildman–Crippen LogP) is 5.92. The highest BCUT2D eigenvalue weighted by atomic mass is 35.5. The summed E-state index contributed by atoms with van der Waals surface area (Å²) in [6.45, 7) is 1.94. The molecule has 7 heteroatoms. The molecule has 2 fully saturated rings. The quantitative estimate of drug-likeness (QED) is 0.465. The molecule has 1 amide bonds. The smallest absolute Gasteiger partial charge is 0.242 e. The molecule has 1 heterocycles. The Bertz CT molecular complexity index is 1080. The van der Waals surface area contributed by atoms with Gasteiger partial charge in [-0.05, 0) is 55.9 Å². The summed E-state index contributed by atoms with van der Waals surface area (Å²) in [5.41, 5.74) is 2.62. The van der Waals surface area contributed by atoms with Gasteiger partial charge in [0.05, 0.1) is 0 Å². The molecular weight excluding hydrogens is 416 g/mol.